The molecule has 1 aliphatic heterocycles. The van der Waals surface area contributed by atoms with Gasteiger partial charge in [0.2, 0.25) is 5.91 Å². The maximum atomic E-state index is 13.7. The average molecular weight is 497 g/mol. The van der Waals surface area contributed by atoms with Crippen molar-refractivity contribution in [3.63, 3.8) is 0 Å². The summed E-state index contributed by atoms with van der Waals surface area (Å²) in [6.07, 6.45) is 1.33. The topological polar surface area (TPSA) is 67.2 Å². The number of aromatic nitrogens is 2. The molecule has 0 atom stereocenters. The fourth-order valence-electron chi connectivity index (χ4n) is 4.81. The monoisotopic (exact) mass is 496 g/mol. The van der Waals surface area contributed by atoms with E-state index in [9.17, 15) is 14.0 Å². The Morgan fingerprint density at radius 3 is 2.49 bits per heavy atom. The summed E-state index contributed by atoms with van der Waals surface area (Å²) < 4.78 is 15.1. The minimum atomic E-state index is -0.376. The molecule has 6 nitrogen and oxygen atoms in total. The van der Waals surface area contributed by atoms with Crippen LogP contribution < -0.4 is 10.9 Å². The Morgan fingerprint density at radius 2 is 1.73 bits per heavy atom. The van der Waals surface area contributed by atoms with E-state index in [1.807, 2.05) is 49.4 Å². The van der Waals surface area contributed by atoms with Gasteiger partial charge in [-0.15, -0.1) is 0 Å². The number of amides is 1. The molecule has 0 aliphatic carbocycles. The van der Waals surface area contributed by atoms with Gasteiger partial charge in [0, 0.05) is 36.4 Å². The van der Waals surface area contributed by atoms with Crippen LogP contribution in [-0.4, -0.2) is 26.9 Å². The number of hydrogen-bond donors (Lipinski definition) is 1. The molecule has 4 aromatic rings. The Kier molecular flexibility index (Phi) is 7.23. The fraction of sp³-hybridized carbons (Fsp3) is 0.233. The second kappa shape index (κ2) is 10.9. The average Bonchev–Trinajstić information content (AvgIpc) is 2.91. The minimum Gasteiger partial charge on any atom is -0.324 e. The third kappa shape index (κ3) is 5.52. The number of carbonyl (C=O) groups is 1. The van der Waals surface area contributed by atoms with Gasteiger partial charge in [-0.3, -0.25) is 19.1 Å². The molecule has 0 spiro atoms. The Labute approximate surface area is 215 Å². The van der Waals surface area contributed by atoms with E-state index in [0.717, 1.165) is 30.8 Å². The van der Waals surface area contributed by atoms with Crippen LogP contribution in [0, 0.1) is 5.82 Å². The molecule has 188 valence electrons. The number of nitrogens with one attached hydrogen (secondary N) is 1. The minimum absolute atomic E-state index is 0.183. The van der Waals surface area contributed by atoms with Gasteiger partial charge in [-0.1, -0.05) is 55.5 Å². The summed E-state index contributed by atoms with van der Waals surface area (Å²) >= 11 is 0. The summed E-state index contributed by atoms with van der Waals surface area (Å²) in [7, 11) is 0. The first-order chi connectivity index (χ1) is 18.0. The highest BCUT2D eigenvalue weighted by Crippen LogP contribution is 2.23. The van der Waals surface area contributed by atoms with Crippen LogP contribution in [0.2, 0.25) is 0 Å². The molecular formula is C30H29FN4O2. The van der Waals surface area contributed by atoms with Gasteiger partial charge in [-0.25, -0.2) is 9.37 Å². The highest BCUT2D eigenvalue weighted by atomic mass is 19.1. The van der Waals surface area contributed by atoms with Gasteiger partial charge in [-0.2, -0.15) is 0 Å². The van der Waals surface area contributed by atoms with Crippen LogP contribution in [-0.2, 0) is 37.3 Å². The van der Waals surface area contributed by atoms with E-state index >= 15 is 0 Å². The van der Waals surface area contributed by atoms with Crippen molar-refractivity contribution >= 4 is 11.6 Å². The number of nitrogens with zero attached hydrogens (tertiary/aromatic N) is 3. The predicted molar refractivity (Wildman–Crippen MR) is 143 cm³/mol. The third-order valence-electron chi connectivity index (χ3n) is 6.73. The van der Waals surface area contributed by atoms with Crippen LogP contribution in [0.15, 0.2) is 83.7 Å². The van der Waals surface area contributed by atoms with Gasteiger partial charge in [0.1, 0.15) is 18.2 Å². The zero-order valence-electron chi connectivity index (χ0n) is 20.8. The number of rotatable bonds is 7. The lowest BCUT2D eigenvalue weighted by molar-refractivity contribution is -0.116. The number of para-hydroxylation sites is 1. The number of carbonyl (C=O) groups excluding carboxylic acids is 1. The lowest BCUT2D eigenvalue weighted by Gasteiger charge is -2.29. The maximum Gasteiger partial charge on any atom is 0.257 e. The highest BCUT2D eigenvalue weighted by molar-refractivity contribution is 5.91. The normalized spacial score (nSPS) is 13.2. The molecule has 7 heteroatoms. The van der Waals surface area contributed by atoms with Crippen molar-refractivity contribution in [3.8, 4) is 11.4 Å². The number of halogens is 1. The van der Waals surface area contributed by atoms with Gasteiger partial charge in [0.25, 0.3) is 5.56 Å². The van der Waals surface area contributed by atoms with Crippen molar-refractivity contribution in [1.29, 1.82) is 0 Å². The van der Waals surface area contributed by atoms with Gasteiger partial charge in [0.15, 0.2) is 0 Å². The number of benzene rings is 3. The zero-order chi connectivity index (χ0) is 25.8. The molecule has 0 saturated carbocycles. The summed E-state index contributed by atoms with van der Waals surface area (Å²) in [5.74, 6) is -0.322. The van der Waals surface area contributed by atoms with Gasteiger partial charge < -0.3 is 5.32 Å². The smallest absolute Gasteiger partial charge is 0.257 e. The van der Waals surface area contributed by atoms with Crippen LogP contribution in [0.1, 0.15) is 29.3 Å². The molecule has 37 heavy (non-hydrogen) atoms. The number of hydrogen-bond acceptors (Lipinski definition) is 4. The Balaban J connectivity index is 1.48. The molecule has 5 rings (SSSR count). The van der Waals surface area contributed by atoms with E-state index in [4.69, 9.17) is 4.98 Å². The highest BCUT2D eigenvalue weighted by Gasteiger charge is 2.25. The summed E-state index contributed by atoms with van der Waals surface area (Å²) in [6, 6.07) is 23.7. The number of fused-ring (bicyclic) bond motifs is 1. The first-order valence-electron chi connectivity index (χ1n) is 12.5. The second-order valence-corrected chi connectivity index (χ2v) is 9.26. The van der Waals surface area contributed by atoms with Crippen LogP contribution in [0.5, 0.6) is 0 Å². The van der Waals surface area contributed by atoms with Gasteiger partial charge >= 0.3 is 0 Å². The first-order valence-corrected chi connectivity index (χ1v) is 12.5. The third-order valence-corrected chi connectivity index (χ3v) is 6.73. The van der Waals surface area contributed by atoms with Crippen molar-refractivity contribution in [3.05, 3.63) is 117 Å². The van der Waals surface area contributed by atoms with Crippen LogP contribution in [0.3, 0.4) is 0 Å². The van der Waals surface area contributed by atoms with Crippen molar-refractivity contribution in [2.75, 3.05) is 11.9 Å². The molecule has 1 N–H and O–H groups in total. The molecule has 0 unspecified atom stereocenters. The fourth-order valence-corrected chi connectivity index (χ4v) is 4.81. The lowest BCUT2D eigenvalue weighted by atomic mass is 10.0. The summed E-state index contributed by atoms with van der Waals surface area (Å²) in [5.41, 5.74) is 4.65. The SMILES string of the molecule is CCc1ccccc1NC(=O)Cn1c(-c2ccc(F)cc2)nc2c(c1=O)CCN(Cc1ccccc1)C2. The van der Waals surface area contributed by atoms with Crippen molar-refractivity contribution in [1.82, 2.24) is 14.5 Å². The molecule has 0 fully saturated rings. The predicted octanol–water partition coefficient (Wildman–Crippen LogP) is 4.81. The molecule has 1 amide bonds. The standard InChI is InChI=1S/C30H29FN4O2/c1-2-22-10-6-7-11-26(22)32-28(36)20-35-29(23-12-14-24(31)15-13-23)33-27-19-34(17-16-25(27)30(35)37)18-21-8-4-3-5-9-21/h3-15H,2,16-20H2,1H3,(H,32,36). The van der Waals surface area contributed by atoms with Gasteiger partial charge in [0.05, 0.1) is 5.69 Å². The quantitative estimate of drug-likeness (QED) is 0.399. The van der Waals surface area contributed by atoms with Gasteiger partial charge in [-0.05, 0) is 54.3 Å². The molecule has 0 bridgehead atoms. The molecule has 0 saturated heterocycles. The molecule has 3 aromatic carbocycles. The molecule has 1 aromatic heterocycles. The van der Waals surface area contributed by atoms with E-state index in [2.05, 4.69) is 22.3 Å². The van der Waals surface area contributed by atoms with E-state index in [0.29, 0.717) is 35.6 Å². The Hall–Kier alpha value is -4.10. The molecule has 0 radical (unpaired) electrons. The van der Waals surface area contributed by atoms with E-state index in [1.165, 1.54) is 22.3 Å². The van der Waals surface area contributed by atoms with Crippen LogP contribution in [0.25, 0.3) is 11.4 Å². The molecular weight excluding hydrogens is 467 g/mol. The van der Waals surface area contributed by atoms with Crippen molar-refractivity contribution in [2.45, 2.75) is 39.4 Å². The number of aryl methyl sites for hydroxylation is 1. The van der Waals surface area contributed by atoms with E-state index < -0.39 is 0 Å². The molecule has 1 aliphatic rings. The number of anilines is 1. The Morgan fingerprint density at radius 1 is 1.00 bits per heavy atom. The molecule has 2 heterocycles. The maximum absolute atomic E-state index is 13.7. The zero-order valence-corrected chi connectivity index (χ0v) is 20.8. The van der Waals surface area contributed by atoms with Crippen LogP contribution in [0.4, 0.5) is 10.1 Å². The first kappa shape index (κ1) is 24.6. The summed E-state index contributed by atoms with van der Waals surface area (Å²) in [6.45, 7) is 3.86. The van der Waals surface area contributed by atoms with Crippen molar-refractivity contribution < 1.29 is 9.18 Å². The summed E-state index contributed by atoms with van der Waals surface area (Å²) in [5, 5.41) is 2.94. The second-order valence-electron chi connectivity index (χ2n) is 9.26. The van der Waals surface area contributed by atoms with E-state index in [-0.39, 0.29) is 23.8 Å². The van der Waals surface area contributed by atoms with Crippen LogP contribution >= 0.6 is 0 Å². The Bertz CT molecular complexity index is 1470. The van der Waals surface area contributed by atoms with E-state index in [1.54, 1.807) is 12.1 Å². The lowest BCUT2D eigenvalue weighted by Crippen LogP contribution is -2.39. The van der Waals surface area contributed by atoms with Crippen molar-refractivity contribution in [2.24, 2.45) is 0 Å². The largest absolute Gasteiger partial charge is 0.324 e. The summed E-state index contributed by atoms with van der Waals surface area (Å²) in [4.78, 5) is 33.9.